The Balaban J connectivity index is 1.94. The van der Waals surface area contributed by atoms with Crippen LogP contribution in [0.25, 0.3) is 0 Å². The minimum Gasteiger partial charge on any atom is -0.337 e. The van der Waals surface area contributed by atoms with Crippen molar-refractivity contribution in [1.82, 2.24) is 14.5 Å². The molecule has 5 heteroatoms. The van der Waals surface area contributed by atoms with Crippen LogP contribution in [0.1, 0.15) is 49.5 Å². The van der Waals surface area contributed by atoms with Crippen LogP contribution in [0, 0.1) is 5.92 Å². The first-order valence-corrected chi connectivity index (χ1v) is 7.75. The molecule has 1 fully saturated rings. The summed E-state index contributed by atoms with van der Waals surface area (Å²) in [6, 6.07) is 0. The number of hydrogen-bond donors (Lipinski definition) is 1. The van der Waals surface area contributed by atoms with Gasteiger partial charge in [0, 0.05) is 32.4 Å². The Hall–Kier alpha value is -1.36. The first-order chi connectivity index (χ1) is 9.74. The lowest BCUT2D eigenvalue weighted by atomic mass is 9.96. The SMILES string of the molecule is CCCC1CCCN(C(=O)c2cn(CCN)cn2)CC1. The summed E-state index contributed by atoms with van der Waals surface area (Å²) >= 11 is 0. The van der Waals surface area contributed by atoms with Gasteiger partial charge in [0.05, 0.1) is 6.33 Å². The van der Waals surface area contributed by atoms with Gasteiger partial charge in [0.15, 0.2) is 0 Å². The van der Waals surface area contributed by atoms with Gasteiger partial charge in [-0.2, -0.15) is 0 Å². The third kappa shape index (κ3) is 3.82. The van der Waals surface area contributed by atoms with Crippen molar-refractivity contribution in [2.75, 3.05) is 19.6 Å². The standard InChI is InChI=1S/C15H26N4O/c1-2-4-13-5-3-8-19(9-6-13)15(20)14-11-18(10-7-16)12-17-14/h11-13H,2-10,16H2,1H3. The number of likely N-dealkylation sites (tertiary alicyclic amines) is 1. The van der Waals surface area contributed by atoms with Crippen molar-refractivity contribution in [1.29, 1.82) is 0 Å². The topological polar surface area (TPSA) is 64.2 Å². The van der Waals surface area contributed by atoms with Gasteiger partial charge in [-0.3, -0.25) is 4.79 Å². The largest absolute Gasteiger partial charge is 0.337 e. The smallest absolute Gasteiger partial charge is 0.274 e. The van der Waals surface area contributed by atoms with Gasteiger partial charge in [-0.25, -0.2) is 4.98 Å². The molecule has 1 aromatic rings. The van der Waals surface area contributed by atoms with Crippen molar-refractivity contribution < 1.29 is 4.79 Å². The molecule has 1 saturated heterocycles. The van der Waals surface area contributed by atoms with E-state index in [1.165, 1.54) is 19.3 Å². The van der Waals surface area contributed by atoms with Crippen molar-refractivity contribution in [3.05, 3.63) is 18.2 Å². The summed E-state index contributed by atoms with van der Waals surface area (Å²) < 4.78 is 1.88. The van der Waals surface area contributed by atoms with Crippen LogP contribution < -0.4 is 5.73 Å². The molecule has 1 unspecified atom stereocenters. The molecule has 0 saturated carbocycles. The molecule has 0 bridgehead atoms. The average molecular weight is 278 g/mol. The lowest BCUT2D eigenvalue weighted by molar-refractivity contribution is 0.0754. The van der Waals surface area contributed by atoms with Gasteiger partial charge < -0.3 is 15.2 Å². The van der Waals surface area contributed by atoms with Crippen molar-refractivity contribution in [3.63, 3.8) is 0 Å². The van der Waals surface area contributed by atoms with E-state index in [0.29, 0.717) is 18.8 Å². The maximum Gasteiger partial charge on any atom is 0.274 e. The summed E-state index contributed by atoms with van der Waals surface area (Å²) in [6.07, 6.45) is 9.51. The first-order valence-electron chi connectivity index (χ1n) is 7.75. The van der Waals surface area contributed by atoms with Crippen LogP contribution in [0.15, 0.2) is 12.5 Å². The molecule has 2 heterocycles. The predicted molar refractivity (Wildman–Crippen MR) is 79.4 cm³/mol. The Morgan fingerprint density at radius 3 is 3.05 bits per heavy atom. The first kappa shape index (κ1) is 15.0. The van der Waals surface area contributed by atoms with Crippen LogP contribution in [0.5, 0.6) is 0 Å². The second kappa shape index (κ2) is 7.43. The van der Waals surface area contributed by atoms with E-state index in [1.54, 1.807) is 6.33 Å². The van der Waals surface area contributed by atoms with Gasteiger partial charge >= 0.3 is 0 Å². The highest BCUT2D eigenvalue weighted by Gasteiger charge is 2.22. The van der Waals surface area contributed by atoms with E-state index in [9.17, 15) is 4.79 Å². The lowest BCUT2D eigenvalue weighted by Gasteiger charge is -2.19. The fourth-order valence-corrected chi connectivity index (χ4v) is 2.97. The summed E-state index contributed by atoms with van der Waals surface area (Å²) in [6.45, 7) is 5.24. The number of carbonyl (C=O) groups is 1. The van der Waals surface area contributed by atoms with Crippen molar-refractivity contribution in [2.45, 2.75) is 45.6 Å². The van der Waals surface area contributed by atoms with Crippen molar-refractivity contribution >= 4 is 5.91 Å². The highest BCUT2D eigenvalue weighted by Crippen LogP contribution is 2.22. The number of amides is 1. The minimum absolute atomic E-state index is 0.0675. The normalized spacial score (nSPS) is 19.9. The fraction of sp³-hybridized carbons (Fsp3) is 0.733. The van der Waals surface area contributed by atoms with Crippen LogP contribution in [-0.2, 0) is 6.54 Å². The zero-order chi connectivity index (χ0) is 14.4. The van der Waals surface area contributed by atoms with Gasteiger partial charge in [0.25, 0.3) is 5.91 Å². The third-order valence-corrected chi connectivity index (χ3v) is 4.07. The molecule has 0 aromatic carbocycles. The molecule has 0 spiro atoms. The highest BCUT2D eigenvalue weighted by atomic mass is 16.2. The van der Waals surface area contributed by atoms with E-state index in [1.807, 2.05) is 15.7 Å². The minimum atomic E-state index is 0.0675. The van der Waals surface area contributed by atoms with Crippen LogP contribution in [0.2, 0.25) is 0 Å². The summed E-state index contributed by atoms with van der Waals surface area (Å²) in [4.78, 5) is 18.6. The van der Waals surface area contributed by atoms with Gasteiger partial charge in [-0.05, 0) is 25.2 Å². The Bertz CT molecular complexity index is 429. The Morgan fingerprint density at radius 2 is 2.30 bits per heavy atom. The zero-order valence-electron chi connectivity index (χ0n) is 12.4. The molecule has 5 nitrogen and oxygen atoms in total. The number of nitrogens with two attached hydrogens (primary N) is 1. The number of rotatable bonds is 5. The van der Waals surface area contributed by atoms with Crippen molar-refractivity contribution in [2.24, 2.45) is 11.7 Å². The van der Waals surface area contributed by atoms with E-state index in [0.717, 1.165) is 31.8 Å². The van der Waals surface area contributed by atoms with Crippen LogP contribution in [0.4, 0.5) is 0 Å². The molecule has 1 atom stereocenters. The average Bonchev–Trinajstić information content (AvgIpc) is 2.78. The van der Waals surface area contributed by atoms with Crippen molar-refractivity contribution in [3.8, 4) is 0 Å². The summed E-state index contributed by atoms with van der Waals surface area (Å²) in [5, 5.41) is 0. The number of carbonyl (C=O) groups excluding carboxylic acids is 1. The van der Waals surface area contributed by atoms with E-state index in [2.05, 4.69) is 11.9 Å². The molecular formula is C15H26N4O. The summed E-state index contributed by atoms with van der Waals surface area (Å²) in [5.41, 5.74) is 6.06. The second-order valence-electron chi connectivity index (χ2n) is 5.66. The molecule has 1 aromatic heterocycles. The third-order valence-electron chi connectivity index (χ3n) is 4.07. The number of imidazole rings is 1. The molecular weight excluding hydrogens is 252 g/mol. The van der Waals surface area contributed by atoms with Gasteiger partial charge in [-0.1, -0.05) is 19.8 Å². The molecule has 0 aliphatic carbocycles. The second-order valence-corrected chi connectivity index (χ2v) is 5.66. The van der Waals surface area contributed by atoms with Gasteiger partial charge in [0.2, 0.25) is 0 Å². The molecule has 1 amide bonds. The lowest BCUT2D eigenvalue weighted by Crippen LogP contribution is -2.32. The predicted octanol–water partition coefficient (Wildman–Crippen LogP) is 1.88. The molecule has 20 heavy (non-hydrogen) atoms. The molecule has 1 aliphatic rings. The van der Waals surface area contributed by atoms with Gasteiger partial charge in [-0.15, -0.1) is 0 Å². The Kier molecular flexibility index (Phi) is 5.59. The molecule has 112 valence electrons. The Morgan fingerprint density at radius 1 is 1.45 bits per heavy atom. The van der Waals surface area contributed by atoms with E-state index < -0.39 is 0 Å². The number of aromatic nitrogens is 2. The van der Waals surface area contributed by atoms with E-state index >= 15 is 0 Å². The van der Waals surface area contributed by atoms with Crippen LogP contribution in [0.3, 0.4) is 0 Å². The monoisotopic (exact) mass is 278 g/mol. The molecule has 0 radical (unpaired) electrons. The van der Waals surface area contributed by atoms with E-state index in [4.69, 9.17) is 5.73 Å². The maximum absolute atomic E-state index is 12.5. The fourth-order valence-electron chi connectivity index (χ4n) is 2.97. The maximum atomic E-state index is 12.5. The molecule has 2 N–H and O–H groups in total. The van der Waals surface area contributed by atoms with Crippen LogP contribution >= 0.6 is 0 Å². The van der Waals surface area contributed by atoms with E-state index in [-0.39, 0.29) is 5.91 Å². The molecule has 2 rings (SSSR count). The highest BCUT2D eigenvalue weighted by molar-refractivity contribution is 5.92. The summed E-state index contributed by atoms with van der Waals surface area (Å²) in [7, 11) is 0. The summed E-state index contributed by atoms with van der Waals surface area (Å²) in [5.74, 6) is 0.852. The molecule has 1 aliphatic heterocycles. The van der Waals surface area contributed by atoms with Crippen LogP contribution in [-0.4, -0.2) is 40.0 Å². The zero-order valence-corrected chi connectivity index (χ0v) is 12.4. The quantitative estimate of drug-likeness (QED) is 0.894. The number of hydrogen-bond acceptors (Lipinski definition) is 3. The Labute approximate surface area is 121 Å². The number of nitrogens with zero attached hydrogens (tertiary/aromatic N) is 3. The van der Waals surface area contributed by atoms with Gasteiger partial charge in [0.1, 0.15) is 5.69 Å².